The van der Waals surface area contributed by atoms with Crippen LogP contribution < -0.4 is 4.90 Å². The van der Waals surface area contributed by atoms with Crippen LogP contribution in [-0.4, -0.2) is 50.8 Å². The Hall–Kier alpha value is -2.71. The van der Waals surface area contributed by atoms with E-state index in [0.717, 1.165) is 35.2 Å². The van der Waals surface area contributed by atoms with Gasteiger partial charge in [0.15, 0.2) is 6.61 Å². The van der Waals surface area contributed by atoms with Gasteiger partial charge in [-0.1, -0.05) is 24.3 Å². The average Bonchev–Trinajstić information content (AvgIpc) is 2.83. The van der Waals surface area contributed by atoms with E-state index in [9.17, 15) is 18.0 Å². The smallest absolute Gasteiger partial charge is 0.309 e. The lowest BCUT2D eigenvalue weighted by Crippen LogP contribution is -2.42. The maximum Gasteiger partial charge on any atom is 0.309 e. The Morgan fingerprint density at radius 3 is 2.45 bits per heavy atom. The lowest BCUT2D eigenvalue weighted by atomic mass is 9.98. The fraction of sp³-hybridized carbons (Fsp3) is 0.440. The van der Waals surface area contributed by atoms with E-state index in [4.69, 9.17) is 4.74 Å². The first-order valence-corrected chi connectivity index (χ1v) is 12.8. The normalized spacial score (nSPS) is 17.5. The van der Waals surface area contributed by atoms with Crippen LogP contribution in [0.3, 0.4) is 0 Å². The number of fused-ring (bicyclic) bond motifs is 1. The molecule has 7 nitrogen and oxygen atoms in total. The molecule has 4 rings (SSSR count). The van der Waals surface area contributed by atoms with Gasteiger partial charge < -0.3 is 9.64 Å². The number of benzene rings is 2. The number of anilines is 1. The number of ether oxygens (including phenoxy) is 1. The van der Waals surface area contributed by atoms with Crippen LogP contribution in [0.2, 0.25) is 0 Å². The van der Waals surface area contributed by atoms with Crippen molar-refractivity contribution in [2.24, 2.45) is 5.92 Å². The van der Waals surface area contributed by atoms with Gasteiger partial charge in [-0.15, -0.1) is 0 Å². The molecule has 176 valence electrons. The maximum absolute atomic E-state index is 13.0. The fourth-order valence-electron chi connectivity index (χ4n) is 4.48. The Morgan fingerprint density at radius 2 is 1.73 bits per heavy atom. The van der Waals surface area contributed by atoms with E-state index >= 15 is 0 Å². The van der Waals surface area contributed by atoms with Gasteiger partial charge in [0, 0.05) is 25.3 Å². The van der Waals surface area contributed by atoms with Gasteiger partial charge in [-0.3, -0.25) is 9.59 Å². The lowest BCUT2D eigenvalue weighted by molar-refractivity contribution is -0.153. The van der Waals surface area contributed by atoms with E-state index in [0.29, 0.717) is 19.4 Å². The molecular formula is C25H30N2O5S. The molecule has 1 fully saturated rings. The molecule has 2 aliphatic heterocycles. The van der Waals surface area contributed by atoms with Crippen LogP contribution in [0.25, 0.3) is 0 Å². The molecule has 0 aromatic heterocycles. The van der Waals surface area contributed by atoms with Crippen molar-refractivity contribution in [3.8, 4) is 0 Å². The molecule has 2 aromatic rings. The van der Waals surface area contributed by atoms with Crippen molar-refractivity contribution in [3.05, 3.63) is 59.2 Å². The van der Waals surface area contributed by atoms with Crippen LogP contribution in [0.4, 0.5) is 5.69 Å². The van der Waals surface area contributed by atoms with Crippen molar-refractivity contribution >= 4 is 27.6 Å². The highest BCUT2D eigenvalue weighted by molar-refractivity contribution is 7.89. The van der Waals surface area contributed by atoms with Crippen molar-refractivity contribution < 1.29 is 22.7 Å². The molecule has 1 amide bonds. The number of amides is 1. The summed E-state index contributed by atoms with van der Waals surface area (Å²) >= 11 is 0. The molecule has 8 heteroatoms. The van der Waals surface area contributed by atoms with Gasteiger partial charge in [0.25, 0.3) is 5.91 Å². The molecule has 2 heterocycles. The third-order valence-electron chi connectivity index (χ3n) is 6.65. The third-order valence-corrected chi connectivity index (χ3v) is 8.55. The second kappa shape index (κ2) is 9.65. The first-order valence-electron chi connectivity index (χ1n) is 11.4. The van der Waals surface area contributed by atoms with Gasteiger partial charge in [-0.2, -0.15) is 4.31 Å². The first kappa shape index (κ1) is 23.4. The lowest BCUT2D eigenvalue weighted by Gasteiger charge is -2.31. The van der Waals surface area contributed by atoms with Crippen molar-refractivity contribution in [1.29, 1.82) is 0 Å². The topological polar surface area (TPSA) is 84.0 Å². The molecule has 2 aromatic carbocycles. The number of piperidine rings is 1. The minimum atomic E-state index is -3.60. The highest BCUT2D eigenvalue weighted by atomic mass is 32.2. The highest BCUT2D eigenvalue weighted by Crippen LogP contribution is 2.28. The minimum Gasteiger partial charge on any atom is -0.455 e. The highest BCUT2D eigenvalue weighted by Gasteiger charge is 2.33. The Kier molecular flexibility index (Phi) is 6.86. The molecule has 0 bridgehead atoms. The second-order valence-electron chi connectivity index (χ2n) is 8.81. The van der Waals surface area contributed by atoms with Crippen molar-refractivity contribution in [3.63, 3.8) is 0 Å². The predicted molar refractivity (Wildman–Crippen MR) is 125 cm³/mol. The number of hydrogen-bond donors (Lipinski definition) is 0. The summed E-state index contributed by atoms with van der Waals surface area (Å²) in [5.74, 6) is -1.07. The molecule has 2 aliphatic rings. The quantitative estimate of drug-likeness (QED) is 0.627. The van der Waals surface area contributed by atoms with E-state index in [1.807, 2.05) is 44.2 Å². The van der Waals surface area contributed by atoms with E-state index in [1.165, 1.54) is 4.31 Å². The zero-order valence-electron chi connectivity index (χ0n) is 19.1. The number of sulfonamides is 1. The number of para-hydroxylation sites is 1. The molecule has 1 saturated heterocycles. The zero-order chi connectivity index (χ0) is 23.6. The number of rotatable bonds is 5. The molecular weight excluding hydrogens is 440 g/mol. The Labute approximate surface area is 195 Å². The summed E-state index contributed by atoms with van der Waals surface area (Å²) in [4.78, 5) is 27.2. The molecule has 0 saturated carbocycles. The number of carbonyl (C=O) groups excluding carboxylic acids is 2. The SMILES string of the molecule is Cc1ccc(S(=O)(=O)N2CCC(C(=O)OCC(=O)N3CCCc4ccccc43)CC2)cc1C. The standard InChI is InChI=1S/C25H30N2O5S/c1-18-9-10-22(16-19(18)2)33(30,31)26-14-11-21(12-15-26)25(29)32-17-24(28)27-13-5-7-20-6-3-4-8-23(20)27/h3-4,6,8-10,16,21H,5,7,11-15,17H2,1-2H3. The summed E-state index contributed by atoms with van der Waals surface area (Å²) in [6, 6.07) is 12.9. The number of carbonyl (C=O) groups is 2. The van der Waals surface area contributed by atoms with Crippen LogP contribution in [0.5, 0.6) is 0 Å². The monoisotopic (exact) mass is 470 g/mol. The number of esters is 1. The van der Waals surface area contributed by atoms with Crippen molar-refractivity contribution in [2.45, 2.75) is 44.4 Å². The van der Waals surface area contributed by atoms with Crippen LogP contribution >= 0.6 is 0 Å². The van der Waals surface area contributed by atoms with Crippen LogP contribution in [-0.2, 0) is 30.8 Å². The van der Waals surface area contributed by atoms with Gasteiger partial charge in [0.2, 0.25) is 10.0 Å². The van der Waals surface area contributed by atoms with Crippen LogP contribution in [0.1, 0.15) is 36.0 Å². The molecule has 0 spiro atoms. The van der Waals surface area contributed by atoms with Gasteiger partial charge in [-0.25, -0.2) is 8.42 Å². The predicted octanol–water partition coefficient (Wildman–Crippen LogP) is 3.23. The summed E-state index contributed by atoms with van der Waals surface area (Å²) in [5.41, 5.74) is 3.98. The van der Waals surface area contributed by atoms with Gasteiger partial charge >= 0.3 is 5.97 Å². The second-order valence-corrected chi connectivity index (χ2v) is 10.7. The van der Waals surface area contributed by atoms with E-state index < -0.39 is 21.9 Å². The summed E-state index contributed by atoms with van der Waals surface area (Å²) in [7, 11) is -3.60. The molecule has 0 N–H and O–H groups in total. The van der Waals surface area contributed by atoms with Crippen molar-refractivity contribution in [2.75, 3.05) is 31.1 Å². The summed E-state index contributed by atoms with van der Waals surface area (Å²) in [6.45, 7) is 4.65. The van der Waals surface area contributed by atoms with Gasteiger partial charge in [-0.05, 0) is 74.4 Å². The van der Waals surface area contributed by atoms with E-state index in [2.05, 4.69) is 0 Å². The fourth-order valence-corrected chi connectivity index (χ4v) is 6.03. The molecule has 33 heavy (non-hydrogen) atoms. The maximum atomic E-state index is 13.0. The summed E-state index contributed by atoms with van der Waals surface area (Å²) in [5, 5.41) is 0. The average molecular weight is 471 g/mol. The van der Waals surface area contributed by atoms with Crippen molar-refractivity contribution in [1.82, 2.24) is 4.31 Å². The van der Waals surface area contributed by atoms with Gasteiger partial charge in [0.1, 0.15) is 0 Å². The summed E-state index contributed by atoms with van der Waals surface area (Å²) < 4.78 is 32.7. The largest absolute Gasteiger partial charge is 0.455 e. The number of nitrogens with zero attached hydrogens (tertiary/aromatic N) is 2. The van der Waals surface area contributed by atoms with Gasteiger partial charge in [0.05, 0.1) is 10.8 Å². The first-order chi connectivity index (χ1) is 15.8. The molecule has 0 unspecified atom stereocenters. The number of aryl methyl sites for hydroxylation is 3. The molecule has 0 radical (unpaired) electrons. The van der Waals surface area contributed by atoms with E-state index in [1.54, 1.807) is 17.0 Å². The Balaban J connectivity index is 1.31. The Morgan fingerprint density at radius 1 is 1.00 bits per heavy atom. The number of hydrogen-bond acceptors (Lipinski definition) is 5. The minimum absolute atomic E-state index is 0.231. The van der Waals surface area contributed by atoms with Crippen LogP contribution in [0, 0.1) is 19.8 Å². The summed E-state index contributed by atoms with van der Waals surface area (Å²) in [6.07, 6.45) is 2.57. The van der Waals surface area contributed by atoms with Crippen LogP contribution in [0.15, 0.2) is 47.4 Å². The third kappa shape index (κ3) is 4.96. The zero-order valence-corrected chi connectivity index (χ0v) is 19.9. The molecule has 0 aliphatic carbocycles. The Bertz CT molecular complexity index is 1150. The molecule has 0 atom stereocenters. The van der Waals surface area contributed by atoms with E-state index in [-0.39, 0.29) is 30.5 Å².